The van der Waals surface area contributed by atoms with E-state index in [1.54, 1.807) is 42.7 Å². The van der Waals surface area contributed by atoms with Gasteiger partial charge in [0.1, 0.15) is 0 Å². The van der Waals surface area contributed by atoms with E-state index in [1.165, 1.54) is 0 Å². The highest BCUT2D eigenvalue weighted by atomic mass is 35.5. The SMILES string of the molecule is O=C(NCc1cccnc1)c1nnc(-c2ccccc2Cl)o1. The molecule has 1 amide bonds. The lowest BCUT2D eigenvalue weighted by Crippen LogP contribution is -2.23. The summed E-state index contributed by atoms with van der Waals surface area (Å²) in [7, 11) is 0. The zero-order valence-corrected chi connectivity index (χ0v) is 12.1. The van der Waals surface area contributed by atoms with E-state index < -0.39 is 5.91 Å². The summed E-state index contributed by atoms with van der Waals surface area (Å²) in [6.07, 6.45) is 3.34. The topological polar surface area (TPSA) is 80.9 Å². The van der Waals surface area contributed by atoms with E-state index in [9.17, 15) is 4.79 Å². The first-order valence-corrected chi connectivity index (χ1v) is 6.87. The third kappa shape index (κ3) is 3.12. The van der Waals surface area contributed by atoms with Crippen LogP contribution in [-0.4, -0.2) is 21.1 Å². The van der Waals surface area contributed by atoms with E-state index in [0.717, 1.165) is 5.56 Å². The molecule has 22 heavy (non-hydrogen) atoms. The number of carbonyl (C=O) groups is 1. The molecule has 0 aliphatic rings. The number of aromatic nitrogens is 3. The summed E-state index contributed by atoms with van der Waals surface area (Å²) >= 11 is 6.05. The highest BCUT2D eigenvalue weighted by molar-refractivity contribution is 6.33. The zero-order valence-electron chi connectivity index (χ0n) is 11.4. The van der Waals surface area contributed by atoms with Gasteiger partial charge in [-0.25, -0.2) is 0 Å². The van der Waals surface area contributed by atoms with Crippen LogP contribution >= 0.6 is 11.6 Å². The van der Waals surface area contributed by atoms with Crippen LogP contribution in [0.5, 0.6) is 0 Å². The van der Waals surface area contributed by atoms with Crippen LogP contribution in [0.25, 0.3) is 11.5 Å². The molecule has 0 unspecified atom stereocenters. The summed E-state index contributed by atoms with van der Waals surface area (Å²) in [6.45, 7) is 0.330. The van der Waals surface area contributed by atoms with Crippen LogP contribution in [0.1, 0.15) is 16.2 Å². The number of hydrogen-bond acceptors (Lipinski definition) is 5. The average molecular weight is 315 g/mol. The van der Waals surface area contributed by atoms with E-state index in [1.807, 2.05) is 6.07 Å². The summed E-state index contributed by atoms with van der Waals surface area (Å²) in [4.78, 5) is 16.0. The molecule has 0 spiro atoms. The maximum Gasteiger partial charge on any atom is 0.309 e. The van der Waals surface area contributed by atoms with Crippen molar-refractivity contribution in [2.75, 3.05) is 0 Å². The fourth-order valence-electron chi connectivity index (χ4n) is 1.82. The zero-order chi connectivity index (χ0) is 15.4. The van der Waals surface area contributed by atoms with E-state index in [-0.39, 0.29) is 11.8 Å². The molecule has 0 fully saturated rings. The number of nitrogens with one attached hydrogen (secondary N) is 1. The molecule has 3 aromatic rings. The Balaban J connectivity index is 1.71. The van der Waals surface area contributed by atoms with Gasteiger partial charge in [0.25, 0.3) is 0 Å². The van der Waals surface area contributed by atoms with Crippen molar-refractivity contribution in [1.29, 1.82) is 0 Å². The van der Waals surface area contributed by atoms with Gasteiger partial charge in [-0.2, -0.15) is 0 Å². The molecule has 7 heteroatoms. The summed E-state index contributed by atoms with van der Waals surface area (Å²) in [5, 5.41) is 10.8. The van der Waals surface area contributed by atoms with Crippen LogP contribution in [0.15, 0.2) is 53.2 Å². The molecule has 0 saturated heterocycles. The summed E-state index contributed by atoms with van der Waals surface area (Å²) in [6, 6.07) is 10.7. The quantitative estimate of drug-likeness (QED) is 0.800. The number of halogens is 1. The van der Waals surface area contributed by atoms with Crippen molar-refractivity contribution in [1.82, 2.24) is 20.5 Å². The van der Waals surface area contributed by atoms with Gasteiger partial charge < -0.3 is 9.73 Å². The Labute approximate surface area is 131 Å². The van der Waals surface area contributed by atoms with Gasteiger partial charge in [-0.1, -0.05) is 29.8 Å². The molecule has 2 aromatic heterocycles. The van der Waals surface area contributed by atoms with Crippen LogP contribution in [0.4, 0.5) is 0 Å². The molecule has 0 bridgehead atoms. The first-order chi connectivity index (χ1) is 10.7. The van der Waals surface area contributed by atoms with Crippen LogP contribution < -0.4 is 5.32 Å². The van der Waals surface area contributed by atoms with Crippen LogP contribution in [-0.2, 0) is 6.54 Å². The highest BCUT2D eigenvalue weighted by Crippen LogP contribution is 2.26. The van der Waals surface area contributed by atoms with Crippen LogP contribution in [0, 0.1) is 0 Å². The second kappa shape index (κ2) is 6.36. The minimum atomic E-state index is -0.449. The third-order valence-corrected chi connectivity index (χ3v) is 3.23. The molecule has 0 aliphatic heterocycles. The minimum absolute atomic E-state index is 0.112. The molecular weight excluding hydrogens is 304 g/mol. The third-order valence-electron chi connectivity index (χ3n) is 2.90. The Morgan fingerprint density at radius 2 is 2.05 bits per heavy atom. The predicted molar refractivity (Wildman–Crippen MR) is 80.2 cm³/mol. The Kier molecular flexibility index (Phi) is 4.11. The Morgan fingerprint density at radius 1 is 1.18 bits per heavy atom. The number of carbonyl (C=O) groups excluding carboxylic acids is 1. The summed E-state index contributed by atoms with van der Waals surface area (Å²) in [5.74, 6) is -0.356. The van der Waals surface area contributed by atoms with Gasteiger partial charge >= 0.3 is 11.8 Å². The van der Waals surface area contributed by atoms with Gasteiger partial charge in [0.05, 0.1) is 10.6 Å². The van der Waals surface area contributed by atoms with Gasteiger partial charge in [-0.3, -0.25) is 9.78 Å². The Hall–Kier alpha value is -2.73. The molecule has 0 atom stereocenters. The number of hydrogen-bond donors (Lipinski definition) is 1. The molecule has 2 heterocycles. The molecule has 6 nitrogen and oxygen atoms in total. The lowest BCUT2D eigenvalue weighted by atomic mass is 10.2. The highest BCUT2D eigenvalue weighted by Gasteiger charge is 2.16. The van der Waals surface area contributed by atoms with E-state index in [2.05, 4.69) is 20.5 Å². The molecule has 1 aromatic carbocycles. The monoisotopic (exact) mass is 314 g/mol. The van der Waals surface area contributed by atoms with Crippen molar-refractivity contribution in [3.05, 3.63) is 65.3 Å². The van der Waals surface area contributed by atoms with Crippen molar-refractivity contribution >= 4 is 17.5 Å². The molecule has 110 valence electrons. The molecule has 1 N–H and O–H groups in total. The van der Waals surface area contributed by atoms with E-state index >= 15 is 0 Å². The van der Waals surface area contributed by atoms with E-state index in [4.69, 9.17) is 16.0 Å². The van der Waals surface area contributed by atoms with Crippen molar-refractivity contribution in [3.8, 4) is 11.5 Å². The summed E-state index contributed by atoms with van der Waals surface area (Å²) in [5.41, 5.74) is 1.46. The van der Waals surface area contributed by atoms with Crippen molar-refractivity contribution < 1.29 is 9.21 Å². The van der Waals surface area contributed by atoms with Crippen molar-refractivity contribution in [2.45, 2.75) is 6.54 Å². The van der Waals surface area contributed by atoms with Crippen molar-refractivity contribution in [3.63, 3.8) is 0 Å². The summed E-state index contributed by atoms with van der Waals surface area (Å²) < 4.78 is 5.37. The Morgan fingerprint density at radius 3 is 2.82 bits per heavy atom. The number of rotatable bonds is 4. The minimum Gasteiger partial charge on any atom is -0.412 e. The van der Waals surface area contributed by atoms with Gasteiger partial charge in [0.2, 0.25) is 5.89 Å². The first-order valence-electron chi connectivity index (χ1n) is 6.49. The van der Waals surface area contributed by atoms with Gasteiger partial charge in [-0.05, 0) is 23.8 Å². The lowest BCUT2D eigenvalue weighted by Gasteiger charge is -2.01. The largest absolute Gasteiger partial charge is 0.412 e. The molecule has 0 aliphatic carbocycles. The van der Waals surface area contributed by atoms with Gasteiger partial charge in [0, 0.05) is 18.9 Å². The molecule has 3 rings (SSSR count). The number of pyridine rings is 1. The fourth-order valence-corrected chi connectivity index (χ4v) is 2.04. The standard InChI is InChI=1S/C15H11ClN4O2/c16-12-6-2-1-5-11(12)14-19-20-15(22-14)13(21)18-9-10-4-3-7-17-8-10/h1-8H,9H2,(H,18,21). The van der Waals surface area contributed by atoms with E-state index in [0.29, 0.717) is 17.1 Å². The van der Waals surface area contributed by atoms with Gasteiger partial charge in [0.15, 0.2) is 0 Å². The number of amides is 1. The number of nitrogens with zero attached hydrogens (tertiary/aromatic N) is 3. The first kappa shape index (κ1) is 14.2. The number of benzene rings is 1. The van der Waals surface area contributed by atoms with Crippen LogP contribution in [0.2, 0.25) is 5.02 Å². The second-order valence-electron chi connectivity index (χ2n) is 4.44. The molecule has 0 saturated carbocycles. The second-order valence-corrected chi connectivity index (χ2v) is 4.84. The van der Waals surface area contributed by atoms with Crippen molar-refractivity contribution in [2.24, 2.45) is 0 Å². The lowest BCUT2D eigenvalue weighted by molar-refractivity contribution is 0.0917. The maximum atomic E-state index is 12.0. The average Bonchev–Trinajstić information content (AvgIpc) is 3.04. The molecule has 0 radical (unpaired) electrons. The predicted octanol–water partition coefficient (Wildman–Crippen LogP) is 2.72. The van der Waals surface area contributed by atoms with Crippen LogP contribution in [0.3, 0.4) is 0 Å². The normalized spacial score (nSPS) is 10.4. The Bertz CT molecular complexity index is 789. The maximum absolute atomic E-state index is 12.0. The smallest absolute Gasteiger partial charge is 0.309 e. The van der Waals surface area contributed by atoms with Gasteiger partial charge in [-0.15, -0.1) is 10.2 Å². The molecular formula is C15H11ClN4O2. The fraction of sp³-hybridized carbons (Fsp3) is 0.0667.